The van der Waals surface area contributed by atoms with Crippen molar-refractivity contribution in [2.75, 3.05) is 12.3 Å². The van der Waals surface area contributed by atoms with Gasteiger partial charge in [-0.05, 0) is 17.7 Å². The molecule has 2 rings (SSSR count). The lowest BCUT2D eigenvalue weighted by Gasteiger charge is -2.20. The molecule has 0 saturated carbocycles. The molecule has 1 aromatic carbocycles. The lowest BCUT2D eigenvalue weighted by Crippen LogP contribution is -2.31. The highest BCUT2D eigenvalue weighted by Crippen LogP contribution is 2.20. The summed E-state index contributed by atoms with van der Waals surface area (Å²) in [6, 6.07) is 12.6. The Morgan fingerprint density at radius 2 is 1.85 bits per heavy atom. The molecule has 106 valence electrons. The molecule has 0 radical (unpaired) electrons. The summed E-state index contributed by atoms with van der Waals surface area (Å²) in [5.74, 6) is 0. The first kappa shape index (κ1) is 14.5. The highest BCUT2D eigenvalue weighted by Gasteiger charge is 2.26. The van der Waals surface area contributed by atoms with E-state index < -0.39 is 10.0 Å². The second kappa shape index (κ2) is 6.02. The van der Waals surface area contributed by atoms with Crippen LogP contribution in [-0.4, -0.2) is 24.3 Å². The molecule has 1 aromatic heterocycles. The highest BCUT2D eigenvalue weighted by molar-refractivity contribution is 7.89. The summed E-state index contributed by atoms with van der Waals surface area (Å²) in [6.07, 6.45) is 1.43. The molecule has 20 heavy (non-hydrogen) atoms. The quantitative estimate of drug-likeness (QED) is 0.912. The fourth-order valence-corrected chi connectivity index (χ4v) is 3.36. The Kier molecular flexibility index (Phi) is 4.36. The zero-order chi connectivity index (χ0) is 14.6. The molecule has 1 heterocycles. The number of pyridine rings is 1. The number of anilines is 1. The Morgan fingerprint density at radius 3 is 2.45 bits per heavy atom. The van der Waals surface area contributed by atoms with Crippen molar-refractivity contribution in [2.45, 2.75) is 18.5 Å². The number of nitrogens with zero attached hydrogens (tertiary/aromatic N) is 2. The first-order valence-electron chi connectivity index (χ1n) is 6.30. The van der Waals surface area contributed by atoms with E-state index in [0.717, 1.165) is 5.56 Å². The third kappa shape index (κ3) is 2.97. The zero-order valence-corrected chi connectivity index (χ0v) is 12.0. The van der Waals surface area contributed by atoms with Gasteiger partial charge in [-0.3, -0.25) is 0 Å². The average molecular weight is 291 g/mol. The summed E-state index contributed by atoms with van der Waals surface area (Å²) in [5.41, 5.74) is 6.81. The lowest BCUT2D eigenvalue weighted by molar-refractivity contribution is 0.421. The van der Waals surface area contributed by atoms with Crippen molar-refractivity contribution in [1.29, 1.82) is 0 Å². The Hall–Kier alpha value is -1.92. The van der Waals surface area contributed by atoms with E-state index in [2.05, 4.69) is 4.98 Å². The molecule has 0 spiro atoms. The van der Waals surface area contributed by atoms with E-state index in [-0.39, 0.29) is 10.7 Å². The summed E-state index contributed by atoms with van der Waals surface area (Å²) in [5, 5.41) is -0.0854. The molecule has 0 aliphatic heterocycles. The molecule has 0 aliphatic carbocycles. The molecule has 0 unspecified atom stereocenters. The minimum absolute atomic E-state index is 0.0854. The molecule has 2 aromatic rings. The second-order valence-corrected chi connectivity index (χ2v) is 6.17. The van der Waals surface area contributed by atoms with Crippen molar-refractivity contribution in [3.8, 4) is 0 Å². The van der Waals surface area contributed by atoms with Gasteiger partial charge in [-0.25, -0.2) is 13.4 Å². The van der Waals surface area contributed by atoms with Crippen LogP contribution in [0.25, 0.3) is 0 Å². The van der Waals surface area contributed by atoms with Gasteiger partial charge in [0.05, 0.1) is 5.69 Å². The van der Waals surface area contributed by atoms with Crippen molar-refractivity contribution in [2.24, 2.45) is 0 Å². The van der Waals surface area contributed by atoms with Crippen molar-refractivity contribution >= 4 is 15.7 Å². The zero-order valence-electron chi connectivity index (χ0n) is 11.2. The van der Waals surface area contributed by atoms with Crippen LogP contribution in [0.4, 0.5) is 5.69 Å². The van der Waals surface area contributed by atoms with Crippen molar-refractivity contribution in [3.63, 3.8) is 0 Å². The maximum atomic E-state index is 12.6. The number of nitrogen functional groups attached to an aromatic ring is 1. The van der Waals surface area contributed by atoms with Gasteiger partial charge in [-0.15, -0.1) is 0 Å². The third-order valence-electron chi connectivity index (χ3n) is 2.94. The number of hydrogen-bond acceptors (Lipinski definition) is 4. The number of hydrogen-bond donors (Lipinski definition) is 1. The van der Waals surface area contributed by atoms with E-state index in [1.165, 1.54) is 16.6 Å². The van der Waals surface area contributed by atoms with Gasteiger partial charge in [-0.2, -0.15) is 4.31 Å². The minimum Gasteiger partial charge on any atom is -0.396 e. The summed E-state index contributed by atoms with van der Waals surface area (Å²) >= 11 is 0. The molecule has 0 saturated heterocycles. The fraction of sp³-hybridized carbons (Fsp3) is 0.214. The lowest BCUT2D eigenvalue weighted by atomic mass is 10.2. The van der Waals surface area contributed by atoms with Gasteiger partial charge in [0.2, 0.25) is 0 Å². The summed E-state index contributed by atoms with van der Waals surface area (Å²) < 4.78 is 26.5. The van der Waals surface area contributed by atoms with Crippen LogP contribution in [0.15, 0.2) is 53.7 Å². The fourth-order valence-electron chi connectivity index (χ4n) is 1.89. The maximum Gasteiger partial charge on any atom is 0.262 e. The molecule has 0 bridgehead atoms. The van der Waals surface area contributed by atoms with E-state index in [0.29, 0.717) is 13.1 Å². The summed E-state index contributed by atoms with van der Waals surface area (Å²) in [4.78, 5) is 3.91. The molecular formula is C14H17N3O2S. The van der Waals surface area contributed by atoms with E-state index >= 15 is 0 Å². The summed E-state index contributed by atoms with van der Waals surface area (Å²) in [7, 11) is -3.68. The van der Waals surface area contributed by atoms with E-state index in [1.807, 2.05) is 30.3 Å². The molecule has 0 fully saturated rings. The van der Waals surface area contributed by atoms with E-state index in [9.17, 15) is 8.42 Å². The monoisotopic (exact) mass is 291 g/mol. The SMILES string of the molecule is CCN(Cc1ccccc1)S(=O)(=O)c1ncccc1N. The molecule has 0 aliphatic rings. The molecule has 5 nitrogen and oxygen atoms in total. The van der Waals surface area contributed by atoms with Gasteiger partial charge < -0.3 is 5.73 Å². The van der Waals surface area contributed by atoms with Crippen LogP contribution >= 0.6 is 0 Å². The van der Waals surface area contributed by atoms with Gasteiger partial charge in [-0.1, -0.05) is 37.3 Å². The molecular weight excluding hydrogens is 274 g/mol. The minimum atomic E-state index is -3.68. The Bertz CT molecular complexity index is 672. The first-order valence-corrected chi connectivity index (χ1v) is 7.74. The van der Waals surface area contributed by atoms with Crippen molar-refractivity contribution in [3.05, 3.63) is 54.2 Å². The number of benzene rings is 1. The number of nitrogens with two attached hydrogens (primary N) is 1. The number of aromatic nitrogens is 1. The normalized spacial score (nSPS) is 11.7. The van der Waals surface area contributed by atoms with E-state index in [4.69, 9.17) is 5.73 Å². The first-order chi connectivity index (χ1) is 9.55. The van der Waals surface area contributed by atoms with Crippen LogP contribution in [-0.2, 0) is 16.6 Å². The third-order valence-corrected chi connectivity index (χ3v) is 4.84. The van der Waals surface area contributed by atoms with Gasteiger partial charge in [0.15, 0.2) is 5.03 Å². The second-order valence-electron chi connectivity index (χ2n) is 4.31. The average Bonchev–Trinajstić information content (AvgIpc) is 2.46. The van der Waals surface area contributed by atoms with E-state index in [1.54, 1.807) is 13.0 Å². The Balaban J connectivity index is 2.34. The topological polar surface area (TPSA) is 76.3 Å². The number of rotatable bonds is 5. The van der Waals surface area contributed by atoms with Gasteiger partial charge in [0, 0.05) is 19.3 Å². The molecule has 0 atom stereocenters. The predicted molar refractivity (Wildman–Crippen MR) is 78.4 cm³/mol. The predicted octanol–water partition coefficient (Wildman–Crippen LogP) is 1.87. The highest BCUT2D eigenvalue weighted by atomic mass is 32.2. The van der Waals surface area contributed by atoms with Crippen molar-refractivity contribution in [1.82, 2.24) is 9.29 Å². The van der Waals surface area contributed by atoms with Gasteiger partial charge in [0.1, 0.15) is 0 Å². The maximum absolute atomic E-state index is 12.6. The van der Waals surface area contributed by atoms with Crippen LogP contribution in [0.3, 0.4) is 0 Å². The smallest absolute Gasteiger partial charge is 0.262 e. The standard InChI is InChI=1S/C14H17N3O2S/c1-2-17(11-12-7-4-3-5-8-12)20(18,19)14-13(15)9-6-10-16-14/h3-10H,2,11,15H2,1H3. The van der Waals surface area contributed by atoms with Crippen LogP contribution in [0.1, 0.15) is 12.5 Å². The Morgan fingerprint density at radius 1 is 1.15 bits per heavy atom. The van der Waals surface area contributed by atoms with Gasteiger partial charge in [0.25, 0.3) is 10.0 Å². The van der Waals surface area contributed by atoms with Crippen LogP contribution in [0.2, 0.25) is 0 Å². The largest absolute Gasteiger partial charge is 0.396 e. The van der Waals surface area contributed by atoms with Crippen LogP contribution in [0.5, 0.6) is 0 Å². The van der Waals surface area contributed by atoms with Gasteiger partial charge >= 0.3 is 0 Å². The molecule has 2 N–H and O–H groups in total. The molecule has 0 amide bonds. The Labute approximate surface area is 119 Å². The van der Waals surface area contributed by atoms with Crippen LogP contribution in [0, 0.1) is 0 Å². The summed E-state index contributed by atoms with van der Waals surface area (Å²) in [6.45, 7) is 2.45. The number of sulfonamides is 1. The van der Waals surface area contributed by atoms with Crippen molar-refractivity contribution < 1.29 is 8.42 Å². The van der Waals surface area contributed by atoms with Crippen LogP contribution < -0.4 is 5.73 Å². The molecule has 6 heteroatoms.